The summed E-state index contributed by atoms with van der Waals surface area (Å²) in [5, 5.41) is 12.2. The van der Waals surface area contributed by atoms with Gasteiger partial charge >= 0.3 is 0 Å². The van der Waals surface area contributed by atoms with Crippen molar-refractivity contribution in [3.8, 4) is 17.4 Å². The molecular formula is C22H18N2O2. The predicted octanol–water partition coefficient (Wildman–Crippen LogP) is 5.11. The number of aryl methyl sites for hydroxylation is 2. The Balaban J connectivity index is 1.82. The van der Waals surface area contributed by atoms with Crippen molar-refractivity contribution in [2.75, 3.05) is 5.32 Å². The highest BCUT2D eigenvalue weighted by Crippen LogP contribution is 2.23. The number of carbonyl (C=O) groups is 1. The lowest BCUT2D eigenvalue weighted by Crippen LogP contribution is -2.14. The van der Waals surface area contributed by atoms with E-state index in [1.165, 1.54) is 6.08 Å². The maximum Gasteiger partial charge on any atom is 0.266 e. The quantitative estimate of drug-likeness (QED) is 0.529. The van der Waals surface area contributed by atoms with Crippen molar-refractivity contribution in [2.45, 2.75) is 13.8 Å². The topological polar surface area (TPSA) is 66.0 Å². The molecule has 1 heterocycles. The second kappa shape index (κ2) is 7.54. The first kappa shape index (κ1) is 17.2. The molecule has 1 amide bonds. The molecule has 0 aliphatic carbocycles. The largest absolute Gasteiger partial charge is 0.457 e. The van der Waals surface area contributed by atoms with Gasteiger partial charge in [-0.2, -0.15) is 5.26 Å². The summed E-state index contributed by atoms with van der Waals surface area (Å²) in [6.07, 6.45) is 1.45. The van der Waals surface area contributed by atoms with E-state index in [4.69, 9.17) is 4.42 Å². The summed E-state index contributed by atoms with van der Waals surface area (Å²) in [5.74, 6) is 0.680. The van der Waals surface area contributed by atoms with Crippen LogP contribution in [0.4, 0.5) is 5.69 Å². The summed E-state index contributed by atoms with van der Waals surface area (Å²) >= 11 is 0. The molecule has 2 aromatic carbocycles. The number of benzene rings is 2. The van der Waals surface area contributed by atoms with E-state index in [-0.39, 0.29) is 5.57 Å². The smallest absolute Gasteiger partial charge is 0.266 e. The summed E-state index contributed by atoms with van der Waals surface area (Å²) in [6.45, 7) is 3.85. The van der Waals surface area contributed by atoms with Gasteiger partial charge in [0.1, 0.15) is 23.2 Å². The van der Waals surface area contributed by atoms with Crippen molar-refractivity contribution in [1.29, 1.82) is 5.26 Å². The Morgan fingerprint density at radius 1 is 1.08 bits per heavy atom. The number of hydrogen-bond donors (Lipinski definition) is 1. The number of rotatable bonds is 4. The Bertz CT molecular complexity index is 1010. The van der Waals surface area contributed by atoms with Crippen LogP contribution in [-0.4, -0.2) is 5.91 Å². The van der Waals surface area contributed by atoms with Crippen LogP contribution in [-0.2, 0) is 4.79 Å². The second-order valence-corrected chi connectivity index (χ2v) is 6.01. The third kappa shape index (κ3) is 3.90. The first-order chi connectivity index (χ1) is 12.6. The maximum absolute atomic E-state index is 12.4. The van der Waals surface area contributed by atoms with Crippen LogP contribution in [0.15, 0.2) is 70.7 Å². The van der Waals surface area contributed by atoms with Gasteiger partial charge in [-0.25, -0.2) is 0 Å². The number of anilines is 1. The highest BCUT2D eigenvalue weighted by atomic mass is 16.3. The van der Waals surface area contributed by atoms with Crippen molar-refractivity contribution in [3.05, 3.63) is 83.1 Å². The van der Waals surface area contributed by atoms with Gasteiger partial charge in [-0.15, -0.1) is 0 Å². The van der Waals surface area contributed by atoms with E-state index < -0.39 is 5.91 Å². The first-order valence-electron chi connectivity index (χ1n) is 8.22. The zero-order valence-corrected chi connectivity index (χ0v) is 14.6. The molecule has 0 aliphatic rings. The summed E-state index contributed by atoms with van der Waals surface area (Å²) in [6, 6.07) is 20.9. The van der Waals surface area contributed by atoms with E-state index >= 15 is 0 Å². The first-order valence-corrected chi connectivity index (χ1v) is 8.22. The van der Waals surface area contributed by atoms with Crippen molar-refractivity contribution in [1.82, 2.24) is 0 Å². The summed E-state index contributed by atoms with van der Waals surface area (Å²) in [4.78, 5) is 12.4. The van der Waals surface area contributed by atoms with Crippen molar-refractivity contribution >= 4 is 17.7 Å². The lowest BCUT2D eigenvalue weighted by molar-refractivity contribution is -0.112. The van der Waals surface area contributed by atoms with Gasteiger partial charge in [0.15, 0.2) is 0 Å². The highest BCUT2D eigenvalue weighted by Gasteiger charge is 2.12. The number of nitrogens with zero attached hydrogens (tertiary/aromatic N) is 1. The van der Waals surface area contributed by atoms with Crippen LogP contribution in [0.25, 0.3) is 17.4 Å². The van der Waals surface area contributed by atoms with E-state index in [9.17, 15) is 10.1 Å². The normalized spacial score (nSPS) is 11.0. The van der Waals surface area contributed by atoms with Gasteiger partial charge < -0.3 is 9.73 Å². The molecule has 3 aromatic rings. The van der Waals surface area contributed by atoms with Gasteiger partial charge in [0, 0.05) is 17.3 Å². The molecule has 128 valence electrons. The summed E-state index contributed by atoms with van der Waals surface area (Å²) < 4.78 is 5.74. The van der Waals surface area contributed by atoms with Gasteiger partial charge in [-0.05, 0) is 43.2 Å². The molecule has 1 aromatic heterocycles. The minimum absolute atomic E-state index is 0.0140. The number of carbonyl (C=O) groups excluding carboxylic acids is 1. The van der Waals surface area contributed by atoms with E-state index in [2.05, 4.69) is 5.32 Å². The fraction of sp³-hybridized carbons (Fsp3) is 0.0909. The molecule has 4 heteroatoms. The molecule has 0 aliphatic heterocycles. The zero-order valence-electron chi connectivity index (χ0n) is 14.6. The van der Waals surface area contributed by atoms with Gasteiger partial charge in [0.2, 0.25) is 0 Å². The van der Waals surface area contributed by atoms with E-state index in [1.54, 1.807) is 6.07 Å². The summed E-state index contributed by atoms with van der Waals surface area (Å²) in [5.41, 5.74) is 3.59. The van der Waals surface area contributed by atoms with E-state index in [0.717, 1.165) is 16.7 Å². The molecule has 0 spiro atoms. The lowest BCUT2D eigenvalue weighted by atomic mass is 10.1. The van der Waals surface area contributed by atoms with E-state index in [1.807, 2.05) is 74.5 Å². The Kier molecular flexibility index (Phi) is 5.00. The minimum atomic E-state index is -0.459. The Morgan fingerprint density at radius 3 is 2.58 bits per heavy atom. The molecule has 0 atom stereocenters. The molecule has 1 N–H and O–H groups in total. The van der Waals surface area contributed by atoms with Crippen LogP contribution < -0.4 is 5.32 Å². The zero-order chi connectivity index (χ0) is 18.5. The molecule has 0 radical (unpaired) electrons. The average Bonchev–Trinajstić information content (AvgIpc) is 3.12. The molecule has 0 fully saturated rings. The van der Waals surface area contributed by atoms with Crippen LogP contribution in [0.3, 0.4) is 0 Å². The SMILES string of the molecule is Cc1ccc(C)c(NC(=O)/C(C#N)=C/c2ccc(-c3ccccc3)o2)c1. The van der Waals surface area contributed by atoms with Crippen molar-refractivity contribution in [3.63, 3.8) is 0 Å². The van der Waals surface area contributed by atoms with E-state index in [0.29, 0.717) is 17.2 Å². The summed E-state index contributed by atoms with van der Waals surface area (Å²) in [7, 11) is 0. The second-order valence-electron chi connectivity index (χ2n) is 6.01. The van der Waals surface area contributed by atoms with Crippen molar-refractivity contribution in [2.24, 2.45) is 0 Å². The fourth-order valence-corrected chi connectivity index (χ4v) is 2.54. The van der Waals surface area contributed by atoms with Gasteiger partial charge in [-0.3, -0.25) is 4.79 Å². The molecule has 0 unspecified atom stereocenters. The van der Waals surface area contributed by atoms with Crippen LogP contribution >= 0.6 is 0 Å². The molecule has 4 nitrogen and oxygen atoms in total. The number of furan rings is 1. The third-order valence-electron chi connectivity index (χ3n) is 3.98. The van der Waals surface area contributed by atoms with Crippen molar-refractivity contribution < 1.29 is 9.21 Å². The third-order valence-corrected chi connectivity index (χ3v) is 3.98. The van der Waals surface area contributed by atoms with Crippen LogP contribution in [0, 0.1) is 25.2 Å². The average molecular weight is 342 g/mol. The van der Waals surface area contributed by atoms with Crippen LogP contribution in [0.1, 0.15) is 16.9 Å². The monoisotopic (exact) mass is 342 g/mol. The van der Waals surface area contributed by atoms with Gasteiger partial charge in [-0.1, -0.05) is 42.5 Å². The van der Waals surface area contributed by atoms with Gasteiger partial charge in [0.05, 0.1) is 0 Å². The maximum atomic E-state index is 12.4. The molecule has 0 saturated carbocycles. The molecule has 26 heavy (non-hydrogen) atoms. The molecular weight excluding hydrogens is 324 g/mol. The number of nitriles is 1. The Morgan fingerprint density at radius 2 is 1.85 bits per heavy atom. The highest BCUT2D eigenvalue weighted by molar-refractivity contribution is 6.09. The molecule has 0 saturated heterocycles. The fourth-order valence-electron chi connectivity index (χ4n) is 2.54. The Labute approximate surface area is 152 Å². The number of hydrogen-bond acceptors (Lipinski definition) is 3. The predicted molar refractivity (Wildman–Crippen MR) is 102 cm³/mol. The minimum Gasteiger partial charge on any atom is -0.457 e. The lowest BCUT2D eigenvalue weighted by Gasteiger charge is -2.08. The number of nitrogens with one attached hydrogen (secondary N) is 1. The molecule has 3 rings (SSSR count). The number of amides is 1. The standard InChI is InChI=1S/C22H18N2O2/c1-15-8-9-16(2)20(12-15)24-22(25)18(14-23)13-19-10-11-21(26-19)17-6-4-3-5-7-17/h3-13H,1-2H3,(H,24,25)/b18-13+. The van der Waals surface area contributed by atoms with Crippen LogP contribution in [0.5, 0.6) is 0 Å². The molecule has 0 bridgehead atoms. The van der Waals surface area contributed by atoms with Crippen LogP contribution in [0.2, 0.25) is 0 Å². The van der Waals surface area contributed by atoms with Gasteiger partial charge in [0.25, 0.3) is 5.91 Å². The Hall–Kier alpha value is -3.58.